The van der Waals surface area contributed by atoms with Gasteiger partial charge in [-0.1, -0.05) is 0 Å². The standard InChI is InChI=1S/C18H17FN4O/c1-11-12(2)21-18(13-5-4-6-20-10-13)23-17(11)22-15-7-14(19)8-16(9-15)24-3/h4-10H,1-3H3,(H,21,22,23). The van der Waals surface area contributed by atoms with Crippen molar-refractivity contribution < 1.29 is 9.13 Å². The molecule has 0 radical (unpaired) electrons. The first-order valence-electron chi connectivity index (χ1n) is 7.44. The van der Waals surface area contributed by atoms with Gasteiger partial charge in [-0.2, -0.15) is 0 Å². The number of halogens is 1. The molecule has 3 aromatic rings. The number of rotatable bonds is 4. The van der Waals surface area contributed by atoms with Gasteiger partial charge >= 0.3 is 0 Å². The predicted octanol–water partition coefficient (Wildman–Crippen LogP) is 4.05. The van der Waals surface area contributed by atoms with Gasteiger partial charge in [0, 0.05) is 47.0 Å². The van der Waals surface area contributed by atoms with E-state index in [4.69, 9.17) is 4.74 Å². The Bertz CT molecular complexity index is 868. The molecule has 0 atom stereocenters. The quantitative estimate of drug-likeness (QED) is 0.784. The summed E-state index contributed by atoms with van der Waals surface area (Å²) in [5.41, 5.74) is 3.12. The number of nitrogens with one attached hydrogen (secondary N) is 1. The maximum Gasteiger partial charge on any atom is 0.163 e. The van der Waals surface area contributed by atoms with Gasteiger partial charge in [0.15, 0.2) is 5.82 Å². The van der Waals surface area contributed by atoms with Gasteiger partial charge in [0.05, 0.1) is 7.11 Å². The van der Waals surface area contributed by atoms with Crippen LogP contribution in [0.25, 0.3) is 11.4 Å². The second kappa shape index (κ2) is 6.62. The molecule has 1 N–H and O–H groups in total. The minimum atomic E-state index is -0.382. The lowest BCUT2D eigenvalue weighted by Gasteiger charge is -2.13. The van der Waals surface area contributed by atoms with Crippen molar-refractivity contribution in [1.29, 1.82) is 0 Å². The van der Waals surface area contributed by atoms with Gasteiger partial charge in [-0.05, 0) is 32.0 Å². The lowest BCUT2D eigenvalue weighted by atomic mass is 10.2. The van der Waals surface area contributed by atoms with Crippen LogP contribution in [0.4, 0.5) is 15.9 Å². The van der Waals surface area contributed by atoms with E-state index in [9.17, 15) is 4.39 Å². The predicted molar refractivity (Wildman–Crippen MR) is 91.0 cm³/mol. The average Bonchev–Trinajstić information content (AvgIpc) is 2.59. The molecule has 0 aliphatic heterocycles. The van der Waals surface area contributed by atoms with E-state index in [2.05, 4.69) is 20.3 Å². The summed E-state index contributed by atoms with van der Waals surface area (Å²) in [6.07, 6.45) is 3.40. The zero-order chi connectivity index (χ0) is 17.1. The fourth-order valence-corrected chi connectivity index (χ4v) is 2.26. The van der Waals surface area contributed by atoms with E-state index < -0.39 is 0 Å². The highest BCUT2D eigenvalue weighted by Gasteiger charge is 2.11. The van der Waals surface area contributed by atoms with E-state index >= 15 is 0 Å². The maximum absolute atomic E-state index is 13.7. The lowest BCUT2D eigenvalue weighted by Crippen LogP contribution is -2.03. The first kappa shape index (κ1) is 15.9. The second-order valence-corrected chi connectivity index (χ2v) is 5.35. The monoisotopic (exact) mass is 324 g/mol. The van der Waals surface area contributed by atoms with Crippen molar-refractivity contribution in [3.63, 3.8) is 0 Å². The van der Waals surface area contributed by atoms with Gasteiger partial charge in [0.2, 0.25) is 0 Å². The zero-order valence-electron chi connectivity index (χ0n) is 13.7. The summed E-state index contributed by atoms with van der Waals surface area (Å²) in [7, 11) is 1.50. The van der Waals surface area contributed by atoms with Crippen LogP contribution in [0.5, 0.6) is 5.75 Å². The molecule has 0 saturated carbocycles. The molecule has 0 fully saturated rings. The Morgan fingerprint density at radius 2 is 1.96 bits per heavy atom. The first-order valence-corrected chi connectivity index (χ1v) is 7.44. The van der Waals surface area contributed by atoms with Gasteiger partial charge in [-0.3, -0.25) is 4.98 Å². The normalized spacial score (nSPS) is 10.5. The van der Waals surface area contributed by atoms with Crippen molar-refractivity contribution in [2.75, 3.05) is 12.4 Å². The largest absolute Gasteiger partial charge is 0.497 e. The van der Waals surface area contributed by atoms with Crippen molar-refractivity contribution in [3.8, 4) is 17.1 Å². The Hall–Kier alpha value is -3.02. The Labute approximate surface area is 139 Å². The molecule has 0 saturated heterocycles. The van der Waals surface area contributed by atoms with E-state index in [1.54, 1.807) is 18.5 Å². The van der Waals surface area contributed by atoms with Crippen LogP contribution in [0.15, 0.2) is 42.7 Å². The molecule has 0 amide bonds. The number of ether oxygens (including phenoxy) is 1. The highest BCUT2D eigenvalue weighted by Crippen LogP contribution is 2.26. The molecule has 0 unspecified atom stereocenters. The van der Waals surface area contributed by atoms with Crippen molar-refractivity contribution >= 4 is 11.5 Å². The molecular formula is C18H17FN4O. The van der Waals surface area contributed by atoms with Crippen molar-refractivity contribution in [2.24, 2.45) is 0 Å². The highest BCUT2D eigenvalue weighted by atomic mass is 19.1. The minimum Gasteiger partial charge on any atom is -0.497 e. The summed E-state index contributed by atoms with van der Waals surface area (Å²) < 4.78 is 18.8. The number of aromatic nitrogens is 3. The molecule has 5 nitrogen and oxygen atoms in total. The minimum absolute atomic E-state index is 0.382. The highest BCUT2D eigenvalue weighted by molar-refractivity contribution is 5.65. The lowest BCUT2D eigenvalue weighted by molar-refractivity contribution is 0.411. The van der Waals surface area contributed by atoms with Crippen LogP contribution in [0.1, 0.15) is 11.3 Å². The van der Waals surface area contributed by atoms with E-state index in [1.807, 2.05) is 26.0 Å². The average molecular weight is 324 g/mol. The fourth-order valence-electron chi connectivity index (χ4n) is 2.26. The third-order valence-corrected chi connectivity index (χ3v) is 3.68. The summed E-state index contributed by atoms with van der Waals surface area (Å²) in [5.74, 6) is 1.24. The van der Waals surface area contributed by atoms with Gasteiger partial charge in [0.25, 0.3) is 0 Å². The Balaban J connectivity index is 2.02. The Morgan fingerprint density at radius 1 is 1.12 bits per heavy atom. The molecule has 3 rings (SSSR count). The van der Waals surface area contributed by atoms with E-state index in [0.717, 1.165) is 16.8 Å². The van der Waals surface area contributed by atoms with Crippen LogP contribution in [0, 0.1) is 19.7 Å². The SMILES string of the molecule is COc1cc(F)cc(Nc2nc(-c3cccnc3)nc(C)c2C)c1. The molecule has 0 spiro atoms. The molecule has 1 aromatic carbocycles. The fraction of sp³-hybridized carbons (Fsp3) is 0.167. The van der Waals surface area contributed by atoms with Crippen molar-refractivity contribution in [1.82, 2.24) is 15.0 Å². The maximum atomic E-state index is 13.7. The number of benzene rings is 1. The molecule has 2 aromatic heterocycles. The molecule has 6 heteroatoms. The van der Waals surface area contributed by atoms with Gasteiger partial charge < -0.3 is 10.1 Å². The zero-order valence-corrected chi connectivity index (χ0v) is 13.7. The van der Waals surface area contributed by atoms with Gasteiger partial charge in [0.1, 0.15) is 17.4 Å². The number of pyridine rings is 1. The third-order valence-electron chi connectivity index (χ3n) is 3.68. The number of nitrogens with zero attached hydrogens (tertiary/aromatic N) is 3. The molecule has 0 aliphatic rings. The summed E-state index contributed by atoms with van der Waals surface area (Å²) in [5, 5.41) is 3.15. The summed E-state index contributed by atoms with van der Waals surface area (Å²) in [6, 6.07) is 8.15. The molecule has 24 heavy (non-hydrogen) atoms. The summed E-state index contributed by atoms with van der Waals surface area (Å²) in [4.78, 5) is 13.2. The molecule has 0 bridgehead atoms. The summed E-state index contributed by atoms with van der Waals surface area (Å²) >= 11 is 0. The van der Waals surface area contributed by atoms with Crippen LogP contribution >= 0.6 is 0 Å². The number of hydrogen-bond acceptors (Lipinski definition) is 5. The van der Waals surface area contributed by atoms with Crippen molar-refractivity contribution in [3.05, 3.63) is 59.8 Å². The topological polar surface area (TPSA) is 59.9 Å². The second-order valence-electron chi connectivity index (χ2n) is 5.35. The molecular weight excluding hydrogens is 307 g/mol. The number of anilines is 2. The van der Waals surface area contributed by atoms with Crippen LogP contribution in [0.2, 0.25) is 0 Å². The number of methoxy groups -OCH3 is 1. The van der Waals surface area contributed by atoms with E-state index in [1.165, 1.54) is 19.2 Å². The Morgan fingerprint density at radius 3 is 2.67 bits per heavy atom. The van der Waals surface area contributed by atoms with Gasteiger partial charge in [-0.25, -0.2) is 14.4 Å². The van der Waals surface area contributed by atoms with Crippen LogP contribution in [0.3, 0.4) is 0 Å². The number of aryl methyl sites for hydroxylation is 1. The van der Waals surface area contributed by atoms with E-state index in [0.29, 0.717) is 23.1 Å². The van der Waals surface area contributed by atoms with Gasteiger partial charge in [-0.15, -0.1) is 0 Å². The smallest absolute Gasteiger partial charge is 0.163 e. The van der Waals surface area contributed by atoms with Crippen molar-refractivity contribution in [2.45, 2.75) is 13.8 Å². The van der Waals surface area contributed by atoms with Crippen LogP contribution in [-0.2, 0) is 0 Å². The third kappa shape index (κ3) is 3.32. The first-order chi connectivity index (χ1) is 11.6. The Kier molecular flexibility index (Phi) is 4.37. The van der Waals surface area contributed by atoms with Crippen LogP contribution in [-0.4, -0.2) is 22.1 Å². The van der Waals surface area contributed by atoms with Crippen LogP contribution < -0.4 is 10.1 Å². The molecule has 0 aliphatic carbocycles. The van der Waals surface area contributed by atoms with E-state index in [-0.39, 0.29) is 5.82 Å². The molecule has 122 valence electrons. The number of hydrogen-bond donors (Lipinski definition) is 1. The summed E-state index contributed by atoms with van der Waals surface area (Å²) in [6.45, 7) is 3.83. The molecule has 2 heterocycles.